The van der Waals surface area contributed by atoms with Crippen molar-refractivity contribution < 1.29 is 13.2 Å². The van der Waals surface area contributed by atoms with Gasteiger partial charge in [-0.3, -0.25) is 9.80 Å². The van der Waals surface area contributed by atoms with Gasteiger partial charge in [-0.1, -0.05) is 18.6 Å². The van der Waals surface area contributed by atoms with Crippen LogP contribution in [0.1, 0.15) is 44.1 Å². The second kappa shape index (κ2) is 11.4. The Morgan fingerprint density at radius 2 is 1.75 bits per heavy atom. The zero-order valence-electron chi connectivity index (χ0n) is 19.8. The minimum atomic E-state index is -3.13. The Morgan fingerprint density at radius 3 is 2.50 bits per heavy atom. The van der Waals surface area contributed by atoms with Gasteiger partial charge < -0.3 is 9.64 Å². The Hall–Kier alpha value is -0.990. The van der Waals surface area contributed by atoms with Crippen molar-refractivity contribution >= 4 is 9.84 Å². The summed E-state index contributed by atoms with van der Waals surface area (Å²) >= 11 is 0. The largest absolute Gasteiger partial charge is 0.381 e. The van der Waals surface area contributed by atoms with Crippen LogP contribution in [0.3, 0.4) is 0 Å². The average Bonchev–Trinajstić information content (AvgIpc) is 2.79. The van der Waals surface area contributed by atoms with E-state index in [0.29, 0.717) is 16.9 Å². The molecule has 0 N–H and O–H groups in total. The third kappa shape index (κ3) is 7.00. The number of piperazine rings is 1. The van der Waals surface area contributed by atoms with Crippen molar-refractivity contribution in [3.05, 3.63) is 29.8 Å². The molecule has 6 nitrogen and oxygen atoms in total. The maximum absolute atomic E-state index is 11.7. The molecule has 0 amide bonds. The molecule has 0 aromatic heterocycles. The molecule has 32 heavy (non-hydrogen) atoms. The van der Waals surface area contributed by atoms with Gasteiger partial charge in [-0.15, -0.1) is 0 Å². The first-order chi connectivity index (χ1) is 15.5. The summed E-state index contributed by atoms with van der Waals surface area (Å²) in [5, 5.41) is 0. The first-order valence-electron chi connectivity index (χ1n) is 12.5. The molecule has 0 saturated carbocycles. The van der Waals surface area contributed by atoms with E-state index < -0.39 is 9.84 Å². The van der Waals surface area contributed by atoms with Crippen molar-refractivity contribution in [2.75, 3.05) is 65.3 Å². The normalized spacial score (nSPS) is 26.2. The molecule has 3 saturated heterocycles. The van der Waals surface area contributed by atoms with Gasteiger partial charge in [-0.05, 0) is 75.4 Å². The van der Waals surface area contributed by atoms with Crippen LogP contribution in [-0.2, 0) is 21.1 Å². The van der Waals surface area contributed by atoms with Crippen molar-refractivity contribution in [1.82, 2.24) is 14.7 Å². The zero-order valence-corrected chi connectivity index (χ0v) is 20.6. The van der Waals surface area contributed by atoms with Gasteiger partial charge in [0.1, 0.15) is 0 Å². The van der Waals surface area contributed by atoms with E-state index >= 15 is 0 Å². The molecule has 3 aliphatic heterocycles. The lowest BCUT2D eigenvalue weighted by Gasteiger charge is -2.46. The fraction of sp³-hybridized carbons (Fsp3) is 0.760. The van der Waals surface area contributed by atoms with Crippen LogP contribution in [-0.4, -0.2) is 94.4 Å². The second-order valence-corrected chi connectivity index (χ2v) is 12.1. The quantitative estimate of drug-likeness (QED) is 0.525. The lowest BCUT2D eigenvalue weighted by atomic mass is 9.90. The molecule has 0 aliphatic carbocycles. The molecule has 3 fully saturated rings. The number of ether oxygens (including phenoxy) is 1. The number of hydrogen-bond acceptors (Lipinski definition) is 6. The van der Waals surface area contributed by atoms with E-state index in [1.807, 2.05) is 12.1 Å². The van der Waals surface area contributed by atoms with Crippen LogP contribution >= 0.6 is 0 Å². The number of piperidine rings is 2. The molecule has 7 heteroatoms. The summed E-state index contributed by atoms with van der Waals surface area (Å²) in [5.74, 6) is 0.681. The van der Waals surface area contributed by atoms with Crippen LogP contribution in [0.5, 0.6) is 0 Å². The van der Waals surface area contributed by atoms with E-state index in [2.05, 4.69) is 14.7 Å². The van der Waals surface area contributed by atoms with Gasteiger partial charge in [0.15, 0.2) is 9.84 Å². The number of hydrogen-bond donors (Lipinski definition) is 0. The summed E-state index contributed by atoms with van der Waals surface area (Å²) in [6, 6.07) is 8.02. The van der Waals surface area contributed by atoms with Crippen LogP contribution in [0, 0.1) is 5.92 Å². The third-order valence-electron chi connectivity index (χ3n) is 7.44. The Kier molecular flexibility index (Phi) is 8.62. The molecule has 180 valence electrons. The maximum Gasteiger partial charge on any atom is 0.175 e. The summed E-state index contributed by atoms with van der Waals surface area (Å²) in [6.45, 7) is 11.0. The zero-order chi connectivity index (χ0) is 22.4. The first kappa shape index (κ1) is 24.1. The standard InChI is InChI=1S/C25H41N3O3S/c1-32(29,30)25-8-6-22(7-9-25)19-27-15-16-28-14-10-23(18-24(28)20-27)21-31-17-5-13-26-11-3-2-4-12-26/h6-9,23-24H,2-5,10-21H2,1H3/t23-,24-/m0/s1. The number of nitrogens with zero attached hydrogens (tertiary/aromatic N) is 3. The fourth-order valence-corrected chi connectivity index (χ4v) is 6.18. The fourth-order valence-electron chi connectivity index (χ4n) is 5.54. The maximum atomic E-state index is 11.7. The number of likely N-dealkylation sites (tertiary alicyclic amines) is 1. The molecule has 3 aliphatic rings. The van der Waals surface area contributed by atoms with Gasteiger partial charge in [0.2, 0.25) is 0 Å². The molecule has 0 unspecified atom stereocenters. The summed E-state index contributed by atoms with van der Waals surface area (Å²) in [6.07, 6.45) is 9.05. The average molecular weight is 464 g/mol. The van der Waals surface area contributed by atoms with Crippen molar-refractivity contribution in [3.63, 3.8) is 0 Å². The van der Waals surface area contributed by atoms with E-state index in [-0.39, 0.29) is 0 Å². The highest BCUT2D eigenvalue weighted by atomic mass is 32.2. The predicted molar refractivity (Wildman–Crippen MR) is 129 cm³/mol. The number of rotatable bonds is 9. The van der Waals surface area contributed by atoms with E-state index in [4.69, 9.17) is 4.74 Å². The molecular formula is C25H41N3O3S. The molecule has 0 spiro atoms. The Morgan fingerprint density at radius 1 is 0.969 bits per heavy atom. The highest BCUT2D eigenvalue weighted by molar-refractivity contribution is 7.90. The van der Waals surface area contributed by atoms with Crippen LogP contribution < -0.4 is 0 Å². The van der Waals surface area contributed by atoms with Gasteiger partial charge in [0.25, 0.3) is 0 Å². The van der Waals surface area contributed by atoms with Crippen molar-refractivity contribution in [2.45, 2.75) is 56.0 Å². The smallest absolute Gasteiger partial charge is 0.175 e. The predicted octanol–water partition coefficient (Wildman–Crippen LogP) is 2.88. The van der Waals surface area contributed by atoms with Crippen LogP contribution in [0.15, 0.2) is 29.2 Å². The molecule has 3 heterocycles. The molecule has 2 atom stereocenters. The molecule has 1 aromatic carbocycles. The molecule has 4 rings (SSSR count). The van der Waals surface area contributed by atoms with Crippen molar-refractivity contribution in [2.24, 2.45) is 5.92 Å². The third-order valence-corrected chi connectivity index (χ3v) is 8.57. The minimum absolute atomic E-state index is 0.400. The monoisotopic (exact) mass is 463 g/mol. The number of fused-ring (bicyclic) bond motifs is 1. The van der Waals surface area contributed by atoms with Gasteiger partial charge in [-0.2, -0.15) is 0 Å². The summed E-state index contributed by atoms with van der Waals surface area (Å²) in [7, 11) is -3.13. The van der Waals surface area contributed by atoms with Gasteiger partial charge in [0, 0.05) is 58.2 Å². The van der Waals surface area contributed by atoms with E-state index in [0.717, 1.165) is 45.8 Å². The number of sulfone groups is 1. The number of benzene rings is 1. The molecular weight excluding hydrogens is 422 g/mol. The Balaban J connectivity index is 1.17. The molecule has 0 radical (unpaired) electrons. The lowest BCUT2D eigenvalue weighted by molar-refractivity contribution is -0.000118. The Bertz CT molecular complexity index is 808. The van der Waals surface area contributed by atoms with Crippen LogP contribution in [0.2, 0.25) is 0 Å². The van der Waals surface area contributed by atoms with Gasteiger partial charge >= 0.3 is 0 Å². The van der Waals surface area contributed by atoms with Gasteiger partial charge in [-0.25, -0.2) is 8.42 Å². The highest BCUT2D eigenvalue weighted by Gasteiger charge is 2.33. The van der Waals surface area contributed by atoms with E-state index in [9.17, 15) is 8.42 Å². The van der Waals surface area contributed by atoms with Crippen molar-refractivity contribution in [1.29, 1.82) is 0 Å². The lowest BCUT2D eigenvalue weighted by Crippen LogP contribution is -2.56. The second-order valence-electron chi connectivity index (χ2n) is 10.1. The topological polar surface area (TPSA) is 53.1 Å². The molecule has 1 aromatic rings. The Labute approximate surface area is 194 Å². The highest BCUT2D eigenvalue weighted by Crippen LogP contribution is 2.27. The minimum Gasteiger partial charge on any atom is -0.381 e. The van der Waals surface area contributed by atoms with Crippen LogP contribution in [0.4, 0.5) is 0 Å². The summed E-state index contributed by atoms with van der Waals surface area (Å²) < 4.78 is 29.5. The van der Waals surface area contributed by atoms with Crippen molar-refractivity contribution in [3.8, 4) is 0 Å². The summed E-state index contributed by atoms with van der Waals surface area (Å²) in [4.78, 5) is 8.18. The van der Waals surface area contributed by atoms with E-state index in [1.165, 1.54) is 70.1 Å². The van der Waals surface area contributed by atoms with Crippen LogP contribution in [0.25, 0.3) is 0 Å². The SMILES string of the molecule is CS(=O)(=O)c1ccc(CN2CCN3CC[C@H](COCCCN4CCCCC4)C[C@H]3C2)cc1. The molecule has 0 bridgehead atoms. The first-order valence-corrected chi connectivity index (χ1v) is 14.4. The summed E-state index contributed by atoms with van der Waals surface area (Å²) in [5.41, 5.74) is 1.19. The van der Waals surface area contributed by atoms with E-state index in [1.54, 1.807) is 12.1 Å². The van der Waals surface area contributed by atoms with Gasteiger partial charge in [0.05, 0.1) is 4.90 Å².